The minimum atomic E-state index is -3.31. The number of halogens is 2. The molecule has 10 heteroatoms. The molecule has 1 amide bonds. The Bertz CT molecular complexity index is 1180. The number of hydrogen-bond acceptors (Lipinski definition) is 6. The van der Waals surface area contributed by atoms with Gasteiger partial charge in [-0.1, -0.05) is 23.9 Å². The van der Waals surface area contributed by atoms with Gasteiger partial charge in [0, 0.05) is 11.8 Å². The monoisotopic (exact) mass is 465 g/mol. The molecule has 2 heterocycles. The molecule has 0 unspecified atom stereocenters. The highest BCUT2D eigenvalue weighted by atomic mass is 32.2. The minimum absolute atomic E-state index is 0.0116. The number of nitrogens with zero attached hydrogens (tertiary/aromatic N) is 2. The number of thioether (sulfide) groups is 1. The van der Waals surface area contributed by atoms with Crippen molar-refractivity contribution in [1.82, 2.24) is 0 Å². The molecule has 2 aliphatic rings. The summed E-state index contributed by atoms with van der Waals surface area (Å²) in [7, 11) is -3.31. The van der Waals surface area contributed by atoms with Gasteiger partial charge in [-0.2, -0.15) is 0 Å². The second kappa shape index (κ2) is 8.23. The summed E-state index contributed by atoms with van der Waals surface area (Å²) in [6.07, 6.45) is 0. The van der Waals surface area contributed by atoms with Gasteiger partial charge in [0.1, 0.15) is 11.6 Å². The Balaban J connectivity index is 1.54. The van der Waals surface area contributed by atoms with Crippen LogP contribution in [0.4, 0.5) is 20.2 Å². The molecule has 0 aliphatic carbocycles. The standard InChI is InChI=1S/C21H21F2N3O3S2/c1-12-3-4-13(2)16(7-12)24-20(27)9-30-21-25-17-10-31(28,29)11-19(17)26(21)18-6-5-14(22)8-15(18)23/h3-8,17,19H,9-11H2,1-2H3,(H,24,27)/t17-,19+/m0/s1. The molecule has 31 heavy (non-hydrogen) atoms. The molecule has 0 bridgehead atoms. The predicted octanol–water partition coefficient (Wildman–Crippen LogP) is 3.30. The smallest absolute Gasteiger partial charge is 0.234 e. The van der Waals surface area contributed by atoms with E-state index in [1.807, 2.05) is 32.0 Å². The molecule has 2 atom stereocenters. The van der Waals surface area contributed by atoms with Crippen molar-refractivity contribution < 1.29 is 22.0 Å². The molecule has 1 saturated heterocycles. The molecular weight excluding hydrogens is 444 g/mol. The average molecular weight is 466 g/mol. The molecule has 1 N–H and O–H groups in total. The van der Waals surface area contributed by atoms with Crippen LogP contribution in [0.25, 0.3) is 0 Å². The van der Waals surface area contributed by atoms with Gasteiger partial charge in [-0.05, 0) is 43.2 Å². The molecule has 164 valence electrons. The van der Waals surface area contributed by atoms with E-state index in [2.05, 4.69) is 10.3 Å². The summed E-state index contributed by atoms with van der Waals surface area (Å²) in [5.41, 5.74) is 2.70. The molecule has 2 aromatic carbocycles. The molecular formula is C21H21F2N3O3S2. The van der Waals surface area contributed by atoms with Crippen molar-refractivity contribution in [3.8, 4) is 0 Å². The highest BCUT2D eigenvalue weighted by Gasteiger charge is 2.47. The Morgan fingerprint density at radius 2 is 1.97 bits per heavy atom. The first kappa shape index (κ1) is 21.8. The Kier molecular flexibility index (Phi) is 5.78. The maximum Gasteiger partial charge on any atom is 0.234 e. The van der Waals surface area contributed by atoms with E-state index in [9.17, 15) is 22.0 Å². The van der Waals surface area contributed by atoms with Crippen LogP contribution in [-0.4, -0.2) is 48.8 Å². The SMILES string of the molecule is Cc1ccc(C)c(NC(=O)CSC2=N[C@H]3CS(=O)(=O)C[C@H]3N2c2ccc(F)cc2F)c1. The maximum atomic E-state index is 14.5. The number of aliphatic imine (C=N–C) groups is 1. The number of hydrogen-bond donors (Lipinski definition) is 1. The summed E-state index contributed by atoms with van der Waals surface area (Å²) in [6, 6.07) is 7.76. The molecule has 0 saturated carbocycles. The maximum absolute atomic E-state index is 14.5. The van der Waals surface area contributed by atoms with Crippen molar-refractivity contribution in [2.45, 2.75) is 25.9 Å². The van der Waals surface area contributed by atoms with Crippen LogP contribution >= 0.6 is 11.8 Å². The van der Waals surface area contributed by atoms with Gasteiger partial charge in [0.2, 0.25) is 5.91 Å². The largest absolute Gasteiger partial charge is 0.325 e. The van der Waals surface area contributed by atoms with Crippen molar-refractivity contribution in [3.05, 3.63) is 59.2 Å². The lowest BCUT2D eigenvalue weighted by Gasteiger charge is -2.26. The van der Waals surface area contributed by atoms with Gasteiger partial charge in [-0.25, -0.2) is 17.2 Å². The van der Waals surface area contributed by atoms with E-state index in [1.54, 1.807) is 0 Å². The lowest BCUT2D eigenvalue weighted by Crippen LogP contribution is -2.40. The second-order valence-corrected chi connectivity index (χ2v) is 10.8. The van der Waals surface area contributed by atoms with Gasteiger partial charge in [-0.15, -0.1) is 0 Å². The van der Waals surface area contributed by atoms with Crippen LogP contribution in [0.1, 0.15) is 11.1 Å². The summed E-state index contributed by atoms with van der Waals surface area (Å²) in [5.74, 6) is -2.08. The first-order valence-electron chi connectivity index (χ1n) is 9.65. The van der Waals surface area contributed by atoms with E-state index in [4.69, 9.17) is 0 Å². The lowest BCUT2D eigenvalue weighted by molar-refractivity contribution is -0.113. The lowest BCUT2D eigenvalue weighted by atomic mass is 10.1. The third-order valence-electron chi connectivity index (χ3n) is 5.28. The van der Waals surface area contributed by atoms with Gasteiger partial charge in [0.25, 0.3) is 0 Å². The normalized spacial score (nSPS) is 21.7. The highest BCUT2D eigenvalue weighted by Crippen LogP contribution is 2.36. The molecule has 0 radical (unpaired) electrons. The summed E-state index contributed by atoms with van der Waals surface area (Å²) in [4.78, 5) is 18.5. The zero-order valence-corrected chi connectivity index (χ0v) is 18.6. The first-order chi connectivity index (χ1) is 14.6. The first-order valence-corrected chi connectivity index (χ1v) is 12.5. The van der Waals surface area contributed by atoms with Crippen LogP contribution in [0, 0.1) is 25.5 Å². The van der Waals surface area contributed by atoms with Gasteiger partial charge in [0.05, 0.1) is 35.0 Å². The summed E-state index contributed by atoms with van der Waals surface area (Å²) >= 11 is 1.10. The summed E-state index contributed by atoms with van der Waals surface area (Å²) < 4.78 is 52.1. The topological polar surface area (TPSA) is 78.8 Å². The number of carbonyl (C=O) groups excluding carboxylic acids is 1. The number of nitrogens with one attached hydrogen (secondary N) is 1. The molecule has 0 aromatic heterocycles. The van der Waals surface area contributed by atoms with E-state index >= 15 is 0 Å². The van der Waals surface area contributed by atoms with Crippen molar-refractivity contribution in [1.29, 1.82) is 0 Å². The van der Waals surface area contributed by atoms with E-state index in [0.717, 1.165) is 35.0 Å². The third-order valence-corrected chi connectivity index (χ3v) is 7.94. The van der Waals surface area contributed by atoms with Gasteiger partial charge in [-0.3, -0.25) is 9.79 Å². The molecule has 4 rings (SSSR count). The Labute approximate surface area is 183 Å². The molecule has 2 aliphatic heterocycles. The minimum Gasteiger partial charge on any atom is -0.325 e. The Morgan fingerprint density at radius 1 is 1.19 bits per heavy atom. The summed E-state index contributed by atoms with van der Waals surface area (Å²) in [6.45, 7) is 3.82. The zero-order chi connectivity index (χ0) is 22.3. The Hall–Kier alpha value is -2.46. The number of carbonyl (C=O) groups is 1. The average Bonchev–Trinajstić information content (AvgIpc) is 3.14. The van der Waals surface area contributed by atoms with Crippen molar-refractivity contribution >= 4 is 44.0 Å². The fourth-order valence-electron chi connectivity index (χ4n) is 3.78. The molecule has 6 nitrogen and oxygen atoms in total. The van der Waals surface area contributed by atoms with Crippen molar-refractivity contribution in [3.63, 3.8) is 0 Å². The van der Waals surface area contributed by atoms with Gasteiger partial charge in [0.15, 0.2) is 15.0 Å². The fraction of sp³-hybridized carbons (Fsp3) is 0.333. The molecule has 0 spiro atoms. The predicted molar refractivity (Wildman–Crippen MR) is 120 cm³/mol. The Morgan fingerprint density at radius 3 is 2.71 bits per heavy atom. The number of sulfone groups is 1. The van der Waals surface area contributed by atoms with Crippen LogP contribution < -0.4 is 10.2 Å². The van der Waals surface area contributed by atoms with Gasteiger partial charge >= 0.3 is 0 Å². The second-order valence-electron chi connectivity index (χ2n) is 7.74. The quantitative estimate of drug-likeness (QED) is 0.750. The van der Waals surface area contributed by atoms with Crippen LogP contribution in [0.15, 0.2) is 41.4 Å². The van der Waals surface area contributed by atoms with E-state index in [-0.39, 0.29) is 28.9 Å². The number of fused-ring (bicyclic) bond motifs is 1. The summed E-state index contributed by atoms with van der Waals surface area (Å²) in [5, 5.41) is 3.21. The molecule has 2 aromatic rings. The number of amides is 1. The molecule has 1 fully saturated rings. The number of aryl methyl sites for hydroxylation is 2. The van der Waals surface area contributed by atoms with E-state index < -0.39 is 33.6 Å². The van der Waals surface area contributed by atoms with Crippen LogP contribution in [0.5, 0.6) is 0 Å². The highest BCUT2D eigenvalue weighted by molar-refractivity contribution is 8.14. The van der Waals surface area contributed by atoms with E-state index in [0.29, 0.717) is 10.9 Å². The van der Waals surface area contributed by atoms with Crippen LogP contribution in [-0.2, 0) is 14.6 Å². The van der Waals surface area contributed by atoms with Crippen LogP contribution in [0.2, 0.25) is 0 Å². The zero-order valence-electron chi connectivity index (χ0n) is 16.9. The fourth-order valence-corrected chi connectivity index (χ4v) is 6.54. The number of rotatable bonds is 4. The van der Waals surface area contributed by atoms with Crippen molar-refractivity contribution in [2.24, 2.45) is 4.99 Å². The third kappa shape index (κ3) is 4.59. The number of amidine groups is 1. The number of anilines is 2. The van der Waals surface area contributed by atoms with Crippen molar-refractivity contribution in [2.75, 3.05) is 27.5 Å². The number of benzene rings is 2. The van der Waals surface area contributed by atoms with Crippen LogP contribution in [0.3, 0.4) is 0 Å². The van der Waals surface area contributed by atoms with Gasteiger partial charge < -0.3 is 10.2 Å². The van der Waals surface area contributed by atoms with E-state index in [1.165, 1.54) is 11.0 Å².